The zero-order valence-corrected chi connectivity index (χ0v) is 27.6. The normalized spacial score (nSPS) is 11.9. The minimum Gasteiger partial charge on any atom is -0.309 e. The van der Waals surface area contributed by atoms with E-state index in [0.29, 0.717) is 0 Å². The van der Waals surface area contributed by atoms with Crippen molar-refractivity contribution in [1.29, 1.82) is 0 Å². The van der Waals surface area contributed by atoms with Crippen LogP contribution < -0.4 is 0 Å². The molecule has 0 aliphatic heterocycles. The van der Waals surface area contributed by atoms with E-state index in [9.17, 15) is 0 Å². The van der Waals surface area contributed by atoms with Crippen LogP contribution in [0.2, 0.25) is 0 Å². The lowest BCUT2D eigenvalue weighted by molar-refractivity contribution is 1.18. The molecule has 0 radical (unpaired) electrons. The Morgan fingerprint density at radius 3 is 1.98 bits per heavy atom. The van der Waals surface area contributed by atoms with Crippen LogP contribution in [0, 0.1) is 0 Å². The van der Waals surface area contributed by atoms with Crippen LogP contribution in [0.3, 0.4) is 0 Å². The molecule has 8 aromatic carbocycles. The van der Waals surface area contributed by atoms with Gasteiger partial charge in [0.25, 0.3) is 0 Å². The highest BCUT2D eigenvalue weighted by atomic mass is 79.9. The number of aromatic nitrogens is 1. The van der Waals surface area contributed by atoms with Crippen LogP contribution in [-0.2, 0) is 0 Å². The molecule has 0 saturated carbocycles. The van der Waals surface area contributed by atoms with Gasteiger partial charge in [0.15, 0.2) is 0 Å². The molecule has 0 N–H and O–H groups in total. The van der Waals surface area contributed by atoms with Crippen molar-refractivity contribution in [2.24, 2.45) is 0 Å². The Morgan fingerprint density at radius 2 is 1.11 bits per heavy atom. The molecule has 0 saturated heterocycles. The van der Waals surface area contributed by atoms with Gasteiger partial charge in [-0.15, -0.1) is 11.3 Å². The molecule has 10 aromatic rings. The average Bonchev–Trinajstić information content (AvgIpc) is 3.68. The minimum atomic E-state index is 1.07. The molecular formula is C44H26BrNS. The summed E-state index contributed by atoms with van der Waals surface area (Å²) >= 11 is 5.84. The fourth-order valence-electron chi connectivity index (χ4n) is 7.49. The van der Waals surface area contributed by atoms with Crippen molar-refractivity contribution in [1.82, 2.24) is 4.57 Å². The minimum absolute atomic E-state index is 1.07. The summed E-state index contributed by atoms with van der Waals surface area (Å²) in [6.45, 7) is 0. The van der Waals surface area contributed by atoms with E-state index in [4.69, 9.17) is 0 Å². The Morgan fingerprint density at radius 1 is 0.426 bits per heavy atom. The molecule has 0 fully saturated rings. The van der Waals surface area contributed by atoms with Crippen molar-refractivity contribution in [3.8, 4) is 27.9 Å². The molecule has 1 nitrogen and oxygen atoms in total. The standard InChI is InChI=1S/C44H26BrNS/c45-32-23-30(28-19-20-37-36-16-8-9-17-40(36)46(41(37)26-28)33-12-2-1-3-13-33)22-31(24-32)39-25-29-11-5-6-14-34(29)42-38-21-18-27-10-4-7-15-35(27)43(38)47-44(39)42/h1-26H. The zero-order valence-electron chi connectivity index (χ0n) is 25.2. The van der Waals surface area contributed by atoms with Gasteiger partial charge in [0.2, 0.25) is 0 Å². The van der Waals surface area contributed by atoms with Crippen LogP contribution >= 0.6 is 27.3 Å². The second kappa shape index (κ2) is 10.4. The molecule has 47 heavy (non-hydrogen) atoms. The van der Waals surface area contributed by atoms with Crippen molar-refractivity contribution in [3.63, 3.8) is 0 Å². The molecule has 0 aliphatic rings. The third kappa shape index (κ3) is 4.14. The predicted molar refractivity (Wildman–Crippen MR) is 207 cm³/mol. The molecule has 0 aliphatic carbocycles. The number of nitrogens with zero attached hydrogens (tertiary/aromatic N) is 1. The summed E-state index contributed by atoms with van der Waals surface area (Å²) in [6.07, 6.45) is 0. The molecule has 220 valence electrons. The van der Waals surface area contributed by atoms with Gasteiger partial charge in [0.1, 0.15) is 0 Å². The topological polar surface area (TPSA) is 4.93 Å². The number of halogens is 1. The molecule has 2 heterocycles. The summed E-state index contributed by atoms with van der Waals surface area (Å²) in [5.74, 6) is 0. The van der Waals surface area contributed by atoms with E-state index in [2.05, 4.69) is 178 Å². The monoisotopic (exact) mass is 679 g/mol. The van der Waals surface area contributed by atoms with Crippen LogP contribution in [0.1, 0.15) is 0 Å². The van der Waals surface area contributed by atoms with Gasteiger partial charge in [-0.3, -0.25) is 0 Å². The third-order valence-electron chi connectivity index (χ3n) is 9.58. The Kier molecular flexibility index (Phi) is 5.96. The van der Waals surface area contributed by atoms with Crippen LogP contribution in [-0.4, -0.2) is 4.57 Å². The summed E-state index contributed by atoms with van der Waals surface area (Å²) in [7, 11) is 0. The average molecular weight is 681 g/mol. The molecule has 3 heteroatoms. The molecule has 2 aromatic heterocycles. The summed E-state index contributed by atoms with van der Waals surface area (Å²) in [6, 6.07) is 57.8. The summed E-state index contributed by atoms with van der Waals surface area (Å²) in [5, 5.41) is 10.4. The Bertz CT molecular complexity index is 2860. The summed E-state index contributed by atoms with van der Waals surface area (Å²) in [4.78, 5) is 0. The van der Waals surface area contributed by atoms with E-state index in [0.717, 1.165) is 4.47 Å². The fraction of sp³-hybridized carbons (Fsp3) is 0. The molecule has 0 amide bonds. The van der Waals surface area contributed by atoms with Crippen LogP contribution in [0.15, 0.2) is 162 Å². The number of rotatable bonds is 3. The third-order valence-corrected chi connectivity index (χ3v) is 11.3. The second-order valence-electron chi connectivity index (χ2n) is 12.3. The maximum atomic E-state index is 3.92. The number of hydrogen-bond acceptors (Lipinski definition) is 1. The molecule has 0 spiro atoms. The highest BCUT2D eigenvalue weighted by Crippen LogP contribution is 2.47. The number of thiophene rings is 1. The summed E-state index contributed by atoms with van der Waals surface area (Å²) < 4.78 is 6.15. The van der Waals surface area contributed by atoms with Gasteiger partial charge in [-0.05, 0) is 86.8 Å². The van der Waals surface area contributed by atoms with Crippen molar-refractivity contribution in [2.45, 2.75) is 0 Å². The van der Waals surface area contributed by atoms with E-state index in [1.807, 2.05) is 11.3 Å². The van der Waals surface area contributed by atoms with Crippen molar-refractivity contribution < 1.29 is 0 Å². The number of para-hydroxylation sites is 2. The fourth-order valence-corrected chi connectivity index (χ4v) is 9.37. The van der Waals surface area contributed by atoms with Crippen LogP contribution in [0.25, 0.3) is 91.5 Å². The van der Waals surface area contributed by atoms with Gasteiger partial charge >= 0.3 is 0 Å². The maximum Gasteiger partial charge on any atom is 0.0547 e. The Balaban J connectivity index is 1.23. The van der Waals surface area contributed by atoms with Gasteiger partial charge in [0, 0.05) is 46.7 Å². The largest absolute Gasteiger partial charge is 0.309 e. The lowest BCUT2D eigenvalue weighted by atomic mass is 9.94. The molecule has 0 bridgehead atoms. The SMILES string of the molecule is Brc1cc(-c2ccc3c4ccccc4n(-c4ccccc4)c3c2)cc(-c2cc3ccccc3c3c2sc2c4ccccc4ccc23)c1. The van der Waals surface area contributed by atoms with Gasteiger partial charge in [-0.25, -0.2) is 0 Å². The van der Waals surface area contributed by atoms with Crippen molar-refractivity contribution >= 4 is 90.8 Å². The molecular weight excluding hydrogens is 654 g/mol. The number of hydrogen-bond donors (Lipinski definition) is 0. The van der Waals surface area contributed by atoms with Crippen molar-refractivity contribution in [2.75, 3.05) is 0 Å². The molecule has 10 rings (SSSR count). The van der Waals surface area contributed by atoms with Crippen LogP contribution in [0.5, 0.6) is 0 Å². The smallest absolute Gasteiger partial charge is 0.0547 e. The van der Waals surface area contributed by atoms with Gasteiger partial charge in [-0.2, -0.15) is 0 Å². The Hall–Kier alpha value is -5.22. The van der Waals surface area contributed by atoms with E-state index in [1.54, 1.807) is 0 Å². The van der Waals surface area contributed by atoms with Crippen LogP contribution in [0.4, 0.5) is 0 Å². The van der Waals surface area contributed by atoms with E-state index in [-0.39, 0.29) is 0 Å². The van der Waals surface area contributed by atoms with Crippen molar-refractivity contribution in [3.05, 3.63) is 162 Å². The highest BCUT2D eigenvalue weighted by Gasteiger charge is 2.18. The summed E-state index contributed by atoms with van der Waals surface area (Å²) in [5.41, 5.74) is 8.46. The Labute approximate surface area is 284 Å². The zero-order chi connectivity index (χ0) is 31.1. The van der Waals surface area contributed by atoms with Gasteiger partial charge in [-0.1, -0.05) is 125 Å². The van der Waals surface area contributed by atoms with E-state index < -0.39 is 0 Å². The van der Waals surface area contributed by atoms with E-state index in [1.165, 1.54) is 91.5 Å². The molecule has 0 unspecified atom stereocenters. The molecule has 0 atom stereocenters. The van der Waals surface area contributed by atoms with Gasteiger partial charge < -0.3 is 4.57 Å². The number of fused-ring (bicyclic) bond motifs is 10. The first kappa shape index (κ1) is 26.9. The second-order valence-corrected chi connectivity index (χ2v) is 14.2. The predicted octanol–water partition coefficient (Wildman–Crippen LogP) is 13.6. The first-order valence-corrected chi connectivity index (χ1v) is 17.5. The lowest BCUT2D eigenvalue weighted by Gasteiger charge is -2.12. The van der Waals surface area contributed by atoms with E-state index >= 15 is 0 Å². The first-order valence-electron chi connectivity index (χ1n) is 15.9. The highest BCUT2D eigenvalue weighted by molar-refractivity contribution is 9.10. The number of benzene rings is 8. The maximum absolute atomic E-state index is 3.92. The quantitative estimate of drug-likeness (QED) is 0.175. The first-order chi connectivity index (χ1) is 23.2. The van der Waals surface area contributed by atoms with Gasteiger partial charge in [0.05, 0.1) is 11.0 Å². The lowest BCUT2D eigenvalue weighted by Crippen LogP contribution is -1.93.